The Bertz CT molecular complexity index is 626. The zero-order valence-corrected chi connectivity index (χ0v) is 17.7. The van der Waals surface area contributed by atoms with Gasteiger partial charge >= 0.3 is 0 Å². The van der Waals surface area contributed by atoms with Gasteiger partial charge in [-0.25, -0.2) is 0 Å². The van der Waals surface area contributed by atoms with Crippen LogP contribution in [-0.2, 0) is 0 Å². The number of fused-ring (bicyclic) bond motifs is 2. The van der Waals surface area contributed by atoms with E-state index < -0.39 is 16.1 Å². The van der Waals surface area contributed by atoms with E-state index in [0.717, 1.165) is 11.8 Å². The normalized spacial score (nSPS) is 28.2. The lowest BCUT2D eigenvalue weighted by molar-refractivity contribution is 0.499. The largest absolute Gasteiger partial charge is 0.0873 e. The Balaban J connectivity index is 2.14. The van der Waals surface area contributed by atoms with Crippen molar-refractivity contribution >= 4 is 16.1 Å². The molecule has 0 fully saturated rings. The standard InChI is InChI=1S/C21H32Si2/c1-22(2,3)20-17-13-10-14-18(16-11-8-7-9-12-16)19(15-17)21(20)23(4,5)6/h7-12,14,17-19H,13,15H2,1-6H3/t17-,18+,19-/m0/s1. The second kappa shape index (κ2) is 5.89. The molecule has 3 rings (SSSR count). The maximum absolute atomic E-state index is 2.57. The number of benzene rings is 1. The molecule has 0 saturated carbocycles. The lowest BCUT2D eigenvalue weighted by Gasteiger charge is -2.35. The first-order chi connectivity index (χ1) is 10.7. The molecule has 0 spiro atoms. The molecule has 1 aromatic carbocycles. The first kappa shape index (κ1) is 17.0. The summed E-state index contributed by atoms with van der Waals surface area (Å²) in [5.41, 5.74) is 1.52. The molecule has 2 aliphatic rings. The molecule has 124 valence electrons. The molecule has 0 aromatic heterocycles. The molecule has 0 aliphatic heterocycles. The van der Waals surface area contributed by atoms with Gasteiger partial charge in [0.25, 0.3) is 0 Å². The molecule has 2 heteroatoms. The highest BCUT2D eigenvalue weighted by Gasteiger charge is 2.46. The minimum atomic E-state index is -1.30. The van der Waals surface area contributed by atoms with Crippen LogP contribution in [0.4, 0.5) is 0 Å². The highest BCUT2D eigenvalue weighted by molar-refractivity contribution is 6.89. The Kier molecular flexibility index (Phi) is 4.35. The molecule has 0 amide bonds. The maximum Gasteiger partial charge on any atom is 0.0723 e. The molecular weight excluding hydrogens is 308 g/mol. The third-order valence-corrected chi connectivity index (χ3v) is 10.4. The van der Waals surface area contributed by atoms with Crippen LogP contribution >= 0.6 is 0 Å². The summed E-state index contributed by atoms with van der Waals surface area (Å²) in [4.78, 5) is 0. The number of allylic oxidation sites excluding steroid dienone is 4. The predicted octanol–water partition coefficient (Wildman–Crippen LogP) is 6.42. The molecule has 0 heterocycles. The van der Waals surface area contributed by atoms with Crippen LogP contribution in [0.2, 0.25) is 39.3 Å². The monoisotopic (exact) mass is 340 g/mol. The third kappa shape index (κ3) is 3.20. The van der Waals surface area contributed by atoms with Gasteiger partial charge in [0.05, 0.1) is 16.1 Å². The second-order valence-electron chi connectivity index (χ2n) is 9.47. The highest BCUT2D eigenvalue weighted by Crippen LogP contribution is 2.53. The van der Waals surface area contributed by atoms with Gasteiger partial charge in [-0.15, -0.1) is 0 Å². The Hall–Kier alpha value is -0.866. The van der Waals surface area contributed by atoms with E-state index in [2.05, 4.69) is 81.8 Å². The number of hydrogen-bond acceptors (Lipinski definition) is 0. The quantitative estimate of drug-likeness (QED) is 0.440. The third-order valence-electron chi connectivity index (χ3n) is 5.61. The van der Waals surface area contributed by atoms with Crippen LogP contribution in [-0.4, -0.2) is 16.1 Å². The van der Waals surface area contributed by atoms with Crippen molar-refractivity contribution in [2.45, 2.75) is 58.0 Å². The maximum atomic E-state index is 2.57. The van der Waals surface area contributed by atoms with E-state index in [-0.39, 0.29) is 0 Å². The van der Waals surface area contributed by atoms with Crippen molar-refractivity contribution in [1.29, 1.82) is 0 Å². The molecule has 3 atom stereocenters. The zero-order valence-electron chi connectivity index (χ0n) is 15.7. The van der Waals surface area contributed by atoms with E-state index in [0.29, 0.717) is 5.92 Å². The Morgan fingerprint density at radius 1 is 0.826 bits per heavy atom. The smallest absolute Gasteiger partial charge is 0.0723 e. The van der Waals surface area contributed by atoms with Gasteiger partial charge in [0.15, 0.2) is 0 Å². The van der Waals surface area contributed by atoms with Crippen molar-refractivity contribution in [3.63, 3.8) is 0 Å². The van der Waals surface area contributed by atoms with Gasteiger partial charge in [-0.2, -0.15) is 0 Å². The SMILES string of the molecule is C[Si](C)(C)C1=C([Si](C)(C)C)[C@H]2C[C@@H]1CC=C[C@@H]2c1ccccc1. The topological polar surface area (TPSA) is 0 Å². The van der Waals surface area contributed by atoms with Crippen molar-refractivity contribution in [2.24, 2.45) is 11.8 Å². The van der Waals surface area contributed by atoms with Crippen LogP contribution in [0.1, 0.15) is 24.3 Å². The first-order valence-corrected chi connectivity index (χ1v) is 16.2. The van der Waals surface area contributed by atoms with Crippen LogP contribution in [0.25, 0.3) is 0 Å². The molecule has 0 unspecified atom stereocenters. The summed E-state index contributed by atoms with van der Waals surface area (Å²) >= 11 is 0. The second-order valence-corrected chi connectivity index (χ2v) is 19.5. The fraction of sp³-hybridized carbons (Fsp3) is 0.524. The Morgan fingerprint density at radius 3 is 2.00 bits per heavy atom. The van der Waals surface area contributed by atoms with Crippen LogP contribution in [0.15, 0.2) is 52.9 Å². The van der Waals surface area contributed by atoms with Crippen LogP contribution < -0.4 is 0 Å². The summed E-state index contributed by atoms with van der Waals surface area (Å²) in [5.74, 6) is 2.18. The van der Waals surface area contributed by atoms with E-state index in [9.17, 15) is 0 Å². The molecule has 23 heavy (non-hydrogen) atoms. The molecule has 2 bridgehead atoms. The first-order valence-electron chi connectivity index (χ1n) is 9.16. The average molecular weight is 341 g/mol. The van der Waals surface area contributed by atoms with E-state index >= 15 is 0 Å². The summed E-state index contributed by atoms with van der Waals surface area (Å²) < 4.78 is 0. The van der Waals surface area contributed by atoms with Gasteiger partial charge in [0, 0.05) is 5.92 Å². The van der Waals surface area contributed by atoms with Crippen LogP contribution in [0.5, 0.6) is 0 Å². The molecule has 0 N–H and O–H groups in total. The summed E-state index contributed by atoms with van der Waals surface area (Å²) in [7, 11) is -2.55. The van der Waals surface area contributed by atoms with Crippen molar-refractivity contribution in [3.8, 4) is 0 Å². The van der Waals surface area contributed by atoms with Crippen molar-refractivity contribution in [1.82, 2.24) is 0 Å². The lowest BCUT2D eigenvalue weighted by Crippen LogP contribution is -2.36. The Morgan fingerprint density at radius 2 is 1.43 bits per heavy atom. The van der Waals surface area contributed by atoms with Gasteiger partial charge in [-0.3, -0.25) is 0 Å². The van der Waals surface area contributed by atoms with E-state index in [4.69, 9.17) is 0 Å². The van der Waals surface area contributed by atoms with Gasteiger partial charge in [-0.1, -0.05) is 92.2 Å². The fourth-order valence-corrected chi connectivity index (χ4v) is 12.1. The molecule has 0 nitrogen and oxygen atoms in total. The Labute approximate surface area is 144 Å². The number of rotatable bonds is 3. The molecule has 2 aliphatic carbocycles. The fourth-order valence-electron chi connectivity index (χ4n) is 5.02. The summed E-state index contributed by atoms with van der Waals surface area (Å²) in [5, 5.41) is 3.90. The van der Waals surface area contributed by atoms with E-state index in [1.165, 1.54) is 18.4 Å². The molecule has 0 saturated heterocycles. The van der Waals surface area contributed by atoms with Crippen LogP contribution in [0, 0.1) is 11.8 Å². The summed E-state index contributed by atoms with van der Waals surface area (Å²) in [6.07, 6.45) is 7.68. The molecule has 0 radical (unpaired) electrons. The van der Waals surface area contributed by atoms with E-state index in [1.54, 1.807) is 0 Å². The van der Waals surface area contributed by atoms with Gasteiger partial charge in [0.2, 0.25) is 0 Å². The predicted molar refractivity (Wildman–Crippen MR) is 108 cm³/mol. The summed E-state index contributed by atoms with van der Waals surface area (Å²) in [6, 6.07) is 11.2. The highest BCUT2D eigenvalue weighted by atomic mass is 28.3. The van der Waals surface area contributed by atoms with Crippen molar-refractivity contribution in [3.05, 3.63) is 58.4 Å². The average Bonchev–Trinajstić information content (AvgIpc) is 2.70. The van der Waals surface area contributed by atoms with Gasteiger partial charge < -0.3 is 0 Å². The zero-order chi connectivity index (χ0) is 16.8. The van der Waals surface area contributed by atoms with E-state index in [1.807, 2.05) is 10.4 Å². The molecule has 1 aromatic rings. The minimum absolute atomic E-state index is 0.594. The van der Waals surface area contributed by atoms with Crippen LogP contribution in [0.3, 0.4) is 0 Å². The van der Waals surface area contributed by atoms with Gasteiger partial charge in [-0.05, 0) is 30.2 Å². The number of hydrogen-bond donors (Lipinski definition) is 0. The summed E-state index contributed by atoms with van der Waals surface area (Å²) in [6.45, 7) is 15.4. The molecular formula is C21H32Si2. The van der Waals surface area contributed by atoms with Crippen molar-refractivity contribution < 1.29 is 0 Å². The van der Waals surface area contributed by atoms with Gasteiger partial charge in [0.1, 0.15) is 0 Å². The lowest BCUT2D eigenvalue weighted by atomic mass is 9.85. The van der Waals surface area contributed by atoms with Crippen molar-refractivity contribution in [2.75, 3.05) is 0 Å². The minimum Gasteiger partial charge on any atom is -0.0873 e.